The molecule has 88 valence electrons. The lowest BCUT2D eigenvalue weighted by atomic mass is 10.0. The Labute approximate surface area is 93.2 Å². The Morgan fingerprint density at radius 1 is 1.60 bits per heavy atom. The highest BCUT2D eigenvalue weighted by Crippen LogP contribution is 2.22. The number of hydrogen-bond donors (Lipinski definition) is 1. The number of carbonyl (C=O) groups is 1. The summed E-state index contributed by atoms with van der Waals surface area (Å²) in [5, 5.41) is 3.15. The number of carbonyl (C=O) groups excluding carboxylic acids is 1. The first-order valence-electron chi connectivity index (χ1n) is 6.09. The van der Waals surface area contributed by atoms with Crippen molar-refractivity contribution < 1.29 is 4.79 Å². The molecule has 1 rings (SSSR count). The van der Waals surface area contributed by atoms with Gasteiger partial charge < -0.3 is 10.2 Å². The van der Waals surface area contributed by atoms with Gasteiger partial charge in [0.05, 0.1) is 0 Å². The van der Waals surface area contributed by atoms with Gasteiger partial charge in [0.25, 0.3) is 0 Å². The van der Waals surface area contributed by atoms with Crippen LogP contribution in [-0.2, 0) is 4.79 Å². The molecule has 0 aliphatic carbocycles. The minimum Gasteiger partial charge on any atom is -0.342 e. The smallest absolute Gasteiger partial charge is 0.222 e. The van der Waals surface area contributed by atoms with Crippen molar-refractivity contribution in [2.45, 2.75) is 33.1 Å². The van der Waals surface area contributed by atoms with Crippen LogP contribution in [-0.4, -0.2) is 37.5 Å². The van der Waals surface area contributed by atoms with Crippen molar-refractivity contribution in [3.63, 3.8) is 0 Å². The first kappa shape index (κ1) is 12.5. The molecule has 1 N–H and O–H groups in total. The molecule has 2 unspecified atom stereocenters. The quantitative estimate of drug-likeness (QED) is 0.723. The Kier molecular flexibility index (Phi) is 5.09. The summed E-state index contributed by atoms with van der Waals surface area (Å²) in [5.41, 5.74) is 0. The van der Waals surface area contributed by atoms with E-state index < -0.39 is 0 Å². The molecule has 0 spiro atoms. The van der Waals surface area contributed by atoms with Gasteiger partial charge in [-0.2, -0.15) is 0 Å². The van der Waals surface area contributed by atoms with Gasteiger partial charge in [0.15, 0.2) is 0 Å². The molecule has 1 heterocycles. The van der Waals surface area contributed by atoms with E-state index in [-0.39, 0.29) is 0 Å². The standard InChI is InChI=1S/C12H24N2O/c1-4-5-11-6-12(15)14(9-11)8-10(2)7-13-3/h10-11,13H,4-9H2,1-3H3. The predicted molar refractivity (Wildman–Crippen MR) is 62.7 cm³/mol. The zero-order chi connectivity index (χ0) is 11.3. The topological polar surface area (TPSA) is 32.3 Å². The highest BCUT2D eigenvalue weighted by Gasteiger charge is 2.29. The van der Waals surface area contributed by atoms with E-state index in [9.17, 15) is 4.79 Å². The third kappa shape index (κ3) is 3.82. The van der Waals surface area contributed by atoms with Crippen molar-refractivity contribution in [2.24, 2.45) is 11.8 Å². The predicted octanol–water partition coefficient (Wildman–Crippen LogP) is 1.49. The first-order chi connectivity index (χ1) is 7.17. The fraction of sp³-hybridized carbons (Fsp3) is 0.917. The van der Waals surface area contributed by atoms with Gasteiger partial charge in [0, 0.05) is 19.5 Å². The van der Waals surface area contributed by atoms with E-state index in [0.29, 0.717) is 17.7 Å². The summed E-state index contributed by atoms with van der Waals surface area (Å²) in [4.78, 5) is 13.7. The highest BCUT2D eigenvalue weighted by atomic mass is 16.2. The monoisotopic (exact) mass is 212 g/mol. The second-order valence-electron chi connectivity index (χ2n) is 4.82. The lowest BCUT2D eigenvalue weighted by Crippen LogP contribution is -2.33. The molecule has 1 aliphatic heterocycles. The molecular formula is C12H24N2O. The van der Waals surface area contributed by atoms with Crippen molar-refractivity contribution in [3.05, 3.63) is 0 Å². The van der Waals surface area contributed by atoms with Gasteiger partial charge in [-0.05, 0) is 31.8 Å². The van der Waals surface area contributed by atoms with Crippen molar-refractivity contribution in [3.8, 4) is 0 Å². The van der Waals surface area contributed by atoms with Gasteiger partial charge in [0.1, 0.15) is 0 Å². The van der Waals surface area contributed by atoms with Crippen molar-refractivity contribution in [2.75, 3.05) is 26.7 Å². The van der Waals surface area contributed by atoms with Crippen LogP contribution in [0, 0.1) is 11.8 Å². The molecule has 3 nitrogen and oxygen atoms in total. The molecule has 0 bridgehead atoms. The lowest BCUT2D eigenvalue weighted by Gasteiger charge is -2.21. The Morgan fingerprint density at radius 3 is 2.93 bits per heavy atom. The number of hydrogen-bond acceptors (Lipinski definition) is 2. The maximum absolute atomic E-state index is 11.7. The maximum atomic E-state index is 11.7. The average Bonchev–Trinajstić information content (AvgIpc) is 2.48. The first-order valence-corrected chi connectivity index (χ1v) is 6.09. The van der Waals surface area contributed by atoms with Crippen LogP contribution in [0.25, 0.3) is 0 Å². The van der Waals surface area contributed by atoms with E-state index in [2.05, 4.69) is 19.2 Å². The van der Waals surface area contributed by atoms with E-state index in [1.807, 2.05) is 11.9 Å². The molecule has 0 aromatic rings. The molecule has 15 heavy (non-hydrogen) atoms. The van der Waals surface area contributed by atoms with Crippen molar-refractivity contribution in [1.29, 1.82) is 0 Å². The van der Waals surface area contributed by atoms with Crippen LogP contribution in [0.3, 0.4) is 0 Å². The number of rotatable bonds is 6. The van der Waals surface area contributed by atoms with Gasteiger partial charge >= 0.3 is 0 Å². The normalized spacial score (nSPS) is 23.5. The fourth-order valence-electron chi connectivity index (χ4n) is 2.42. The van der Waals surface area contributed by atoms with E-state index in [1.165, 1.54) is 12.8 Å². The Bertz CT molecular complexity index is 206. The molecule has 1 saturated heterocycles. The van der Waals surface area contributed by atoms with E-state index in [0.717, 1.165) is 26.1 Å². The van der Waals surface area contributed by atoms with Crippen LogP contribution in [0.5, 0.6) is 0 Å². The Balaban J connectivity index is 2.33. The summed E-state index contributed by atoms with van der Waals surface area (Å²) in [6, 6.07) is 0. The zero-order valence-corrected chi connectivity index (χ0v) is 10.3. The number of likely N-dealkylation sites (tertiary alicyclic amines) is 1. The molecule has 0 radical (unpaired) electrons. The van der Waals surface area contributed by atoms with Gasteiger partial charge in [-0.15, -0.1) is 0 Å². The zero-order valence-electron chi connectivity index (χ0n) is 10.3. The summed E-state index contributed by atoms with van der Waals surface area (Å²) in [7, 11) is 1.96. The summed E-state index contributed by atoms with van der Waals surface area (Å²) >= 11 is 0. The summed E-state index contributed by atoms with van der Waals surface area (Å²) < 4.78 is 0. The molecule has 0 saturated carbocycles. The summed E-state index contributed by atoms with van der Waals surface area (Å²) in [5.74, 6) is 1.53. The van der Waals surface area contributed by atoms with Crippen LogP contribution in [0.2, 0.25) is 0 Å². The Morgan fingerprint density at radius 2 is 2.33 bits per heavy atom. The largest absolute Gasteiger partial charge is 0.342 e. The summed E-state index contributed by atoms with van der Waals surface area (Å²) in [6.07, 6.45) is 3.17. The maximum Gasteiger partial charge on any atom is 0.222 e. The van der Waals surface area contributed by atoms with Gasteiger partial charge in [-0.25, -0.2) is 0 Å². The minimum atomic E-state index is 0.358. The number of amides is 1. The van der Waals surface area contributed by atoms with E-state index in [1.54, 1.807) is 0 Å². The molecule has 0 aromatic carbocycles. The fourth-order valence-corrected chi connectivity index (χ4v) is 2.42. The average molecular weight is 212 g/mol. The summed E-state index contributed by atoms with van der Waals surface area (Å²) in [6.45, 7) is 7.27. The van der Waals surface area contributed by atoms with Crippen LogP contribution in [0.4, 0.5) is 0 Å². The molecule has 1 aliphatic rings. The SMILES string of the molecule is CCCC1CC(=O)N(CC(C)CNC)C1. The van der Waals surface area contributed by atoms with Gasteiger partial charge in [-0.1, -0.05) is 20.3 Å². The molecule has 3 heteroatoms. The Hall–Kier alpha value is -0.570. The van der Waals surface area contributed by atoms with Crippen molar-refractivity contribution >= 4 is 5.91 Å². The number of nitrogens with zero attached hydrogens (tertiary/aromatic N) is 1. The van der Waals surface area contributed by atoms with Crippen LogP contribution >= 0.6 is 0 Å². The van der Waals surface area contributed by atoms with Gasteiger partial charge in [0.2, 0.25) is 5.91 Å². The van der Waals surface area contributed by atoms with Crippen LogP contribution in [0.15, 0.2) is 0 Å². The lowest BCUT2D eigenvalue weighted by molar-refractivity contribution is -0.128. The minimum absolute atomic E-state index is 0.358. The third-order valence-corrected chi connectivity index (χ3v) is 3.08. The molecule has 2 atom stereocenters. The van der Waals surface area contributed by atoms with E-state index >= 15 is 0 Å². The second kappa shape index (κ2) is 6.11. The molecular weight excluding hydrogens is 188 g/mol. The molecule has 1 amide bonds. The van der Waals surface area contributed by atoms with Crippen LogP contribution < -0.4 is 5.32 Å². The van der Waals surface area contributed by atoms with Gasteiger partial charge in [-0.3, -0.25) is 4.79 Å². The number of nitrogens with one attached hydrogen (secondary N) is 1. The highest BCUT2D eigenvalue weighted by molar-refractivity contribution is 5.78. The van der Waals surface area contributed by atoms with Crippen molar-refractivity contribution in [1.82, 2.24) is 10.2 Å². The third-order valence-electron chi connectivity index (χ3n) is 3.08. The second-order valence-corrected chi connectivity index (χ2v) is 4.82. The van der Waals surface area contributed by atoms with Crippen LogP contribution in [0.1, 0.15) is 33.1 Å². The van der Waals surface area contributed by atoms with E-state index in [4.69, 9.17) is 0 Å². The molecule has 0 aromatic heterocycles. The molecule has 1 fully saturated rings.